The van der Waals surface area contributed by atoms with E-state index in [9.17, 15) is 14.7 Å². The van der Waals surface area contributed by atoms with Crippen molar-refractivity contribution < 1.29 is 14.7 Å². The average molecular weight is 411 g/mol. The fraction of sp³-hybridized carbons (Fsp3) is 0.905. The molecule has 3 nitrogen and oxygen atoms in total. The number of Topliss-reactive ketones (excluding diaryl/α,β-unsaturated/α-hetero) is 2. The highest BCUT2D eigenvalue weighted by molar-refractivity contribution is 9.10. The van der Waals surface area contributed by atoms with Crippen LogP contribution in [0.15, 0.2) is 0 Å². The number of hydrogen-bond acceptors (Lipinski definition) is 3. The van der Waals surface area contributed by atoms with Crippen molar-refractivity contribution in [3.05, 3.63) is 0 Å². The molecule has 0 amide bonds. The predicted octanol–water partition coefficient (Wildman–Crippen LogP) is 4.15. The molecule has 0 heterocycles. The Morgan fingerprint density at radius 1 is 1.16 bits per heavy atom. The van der Waals surface area contributed by atoms with Crippen LogP contribution in [0.2, 0.25) is 0 Å². The molecule has 8 atom stereocenters. The summed E-state index contributed by atoms with van der Waals surface area (Å²) in [7, 11) is 0. The fourth-order valence-corrected chi connectivity index (χ4v) is 9.10. The first-order valence-electron chi connectivity index (χ1n) is 10.1. The second-order valence-electron chi connectivity index (χ2n) is 9.81. The standard InChI is InChI=1S/C21H31BrO3/c1-12-8-14(24)10-21(22)13(2)9-15-16-4-5-18(25)19(16,3)7-6-17(15)20(12,21)11-23/h12-13,15-17,23H,4-11H2,1-3H3/t12-,13-,15+,16+,17+,19+,20-,21+/m1/s1. The van der Waals surface area contributed by atoms with Crippen molar-refractivity contribution >= 4 is 27.5 Å². The lowest BCUT2D eigenvalue weighted by Gasteiger charge is -2.67. The highest BCUT2D eigenvalue weighted by atomic mass is 79.9. The zero-order chi connectivity index (χ0) is 18.2. The number of aliphatic hydroxyl groups excluding tert-OH is 1. The van der Waals surface area contributed by atoms with E-state index in [-0.39, 0.29) is 27.7 Å². The van der Waals surface area contributed by atoms with E-state index in [0.29, 0.717) is 48.1 Å². The van der Waals surface area contributed by atoms with Gasteiger partial charge in [-0.1, -0.05) is 36.7 Å². The van der Waals surface area contributed by atoms with Crippen LogP contribution in [0.3, 0.4) is 0 Å². The maximum Gasteiger partial charge on any atom is 0.139 e. The van der Waals surface area contributed by atoms with E-state index in [1.165, 1.54) is 0 Å². The summed E-state index contributed by atoms with van der Waals surface area (Å²) in [5, 5.41) is 10.7. The number of aliphatic hydroxyl groups is 1. The van der Waals surface area contributed by atoms with Crippen molar-refractivity contribution in [2.45, 2.75) is 70.0 Å². The summed E-state index contributed by atoms with van der Waals surface area (Å²) in [5.41, 5.74) is -0.381. The monoisotopic (exact) mass is 410 g/mol. The Morgan fingerprint density at radius 2 is 1.88 bits per heavy atom. The van der Waals surface area contributed by atoms with Crippen LogP contribution in [0, 0.1) is 40.4 Å². The summed E-state index contributed by atoms with van der Waals surface area (Å²) in [5.74, 6) is 2.71. The molecule has 0 aromatic carbocycles. The summed E-state index contributed by atoms with van der Waals surface area (Å²) in [6.07, 6.45) is 5.94. The number of alkyl halides is 1. The van der Waals surface area contributed by atoms with Gasteiger partial charge in [-0.2, -0.15) is 0 Å². The van der Waals surface area contributed by atoms with Gasteiger partial charge in [0.25, 0.3) is 0 Å². The maximum absolute atomic E-state index is 12.6. The van der Waals surface area contributed by atoms with Crippen LogP contribution < -0.4 is 0 Å². The molecule has 4 heteroatoms. The lowest BCUT2D eigenvalue weighted by Crippen LogP contribution is -2.68. The number of carbonyl (C=O) groups excluding carboxylic acids is 2. The van der Waals surface area contributed by atoms with Gasteiger partial charge >= 0.3 is 0 Å². The molecule has 1 N–H and O–H groups in total. The third-order valence-electron chi connectivity index (χ3n) is 9.12. The molecule has 4 rings (SSSR count). The first kappa shape index (κ1) is 18.2. The van der Waals surface area contributed by atoms with Gasteiger partial charge in [-0.3, -0.25) is 9.59 Å². The van der Waals surface area contributed by atoms with Gasteiger partial charge < -0.3 is 5.11 Å². The van der Waals surface area contributed by atoms with E-state index >= 15 is 0 Å². The molecule has 25 heavy (non-hydrogen) atoms. The minimum atomic E-state index is -0.291. The van der Waals surface area contributed by atoms with Gasteiger partial charge in [-0.05, 0) is 55.3 Å². The van der Waals surface area contributed by atoms with Crippen LogP contribution in [-0.2, 0) is 9.59 Å². The minimum Gasteiger partial charge on any atom is -0.396 e. The summed E-state index contributed by atoms with van der Waals surface area (Å²) in [6, 6.07) is 0. The van der Waals surface area contributed by atoms with Gasteiger partial charge in [0.2, 0.25) is 0 Å². The van der Waals surface area contributed by atoms with Crippen molar-refractivity contribution in [1.82, 2.24) is 0 Å². The van der Waals surface area contributed by atoms with Crippen molar-refractivity contribution in [1.29, 1.82) is 0 Å². The predicted molar refractivity (Wildman–Crippen MR) is 100 cm³/mol. The Balaban J connectivity index is 1.81. The number of ketones is 2. The summed E-state index contributed by atoms with van der Waals surface area (Å²) in [6.45, 7) is 6.77. The van der Waals surface area contributed by atoms with Crippen LogP contribution in [0.1, 0.15) is 65.7 Å². The van der Waals surface area contributed by atoms with E-state index in [1.807, 2.05) is 0 Å². The molecule has 0 aliphatic heterocycles. The van der Waals surface area contributed by atoms with Crippen molar-refractivity contribution in [3.63, 3.8) is 0 Å². The van der Waals surface area contributed by atoms with Crippen LogP contribution in [-0.4, -0.2) is 27.6 Å². The van der Waals surface area contributed by atoms with Gasteiger partial charge in [0.05, 0.1) is 6.61 Å². The molecule has 0 aromatic heterocycles. The van der Waals surface area contributed by atoms with Crippen LogP contribution >= 0.6 is 15.9 Å². The topological polar surface area (TPSA) is 54.4 Å². The average Bonchev–Trinajstić information content (AvgIpc) is 2.84. The zero-order valence-electron chi connectivity index (χ0n) is 15.7. The molecule has 4 aliphatic carbocycles. The molecule has 4 fully saturated rings. The Hall–Kier alpha value is -0.220. The highest BCUT2D eigenvalue weighted by Gasteiger charge is 2.69. The first-order valence-corrected chi connectivity index (χ1v) is 10.8. The molecule has 0 aromatic rings. The minimum absolute atomic E-state index is 0.141. The molecular formula is C21H31BrO3. The van der Waals surface area contributed by atoms with Crippen molar-refractivity contribution in [3.8, 4) is 0 Å². The van der Waals surface area contributed by atoms with E-state index in [4.69, 9.17) is 0 Å². The van der Waals surface area contributed by atoms with E-state index in [2.05, 4.69) is 36.7 Å². The molecule has 4 saturated carbocycles. The third kappa shape index (κ3) is 2.07. The Morgan fingerprint density at radius 3 is 2.56 bits per heavy atom. The zero-order valence-corrected chi connectivity index (χ0v) is 17.3. The lowest BCUT2D eigenvalue weighted by molar-refractivity contribution is -0.169. The highest BCUT2D eigenvalue weighted by Crippen LogP contribution is 2.70. The van der Waals surface area contributed by atoms with E-state index in [1.54, 1.807) is 0 Å². The molecule has 4 aliphatic rings. The first-order chi connectivity index (χ1) is 11.7. The van der Waals surface area contributed by atoms with Gasteiger partial charge in [-0.15, -0.1) is 0 Å². The number of carbonyl (C=O) groups is 2. The smallest absolute Gasteiger partial charge is 0.139 e. The second-order valence-corrected chi connectivity index (χ2v) is 11.2. The summed E-state index contributed by atoms with van der Waals surface area (Å²) in [4.78, 5) is 25.0. The van der Waals surface area contributed by atoms with Gasteiger partial charge in [0, 0.05) is 34.4 Å². The normalized spacial score (nSPS) is 55.5. The number of rotatable bonds is 1. The third-order valence-corrected chi connectivity index (χ3v) is 10.9. The molecule has 140 valence electrons. The van der Waals surface area contributed by atoms with Gasteiger partial charge in [0.15, 0.2) is 0 Å². The van der Waals surface area contributed by atoms with E-state index in [0.717, 1.165) is 32.1 Å². The van der Waals surface area contributed by atoms with Gasteiger partial charge in [-0.25, -0.2) is 0 Å². The second kappa shape index (κ2) is 5.64. The fourth-order valence-electron chi connectivity index (χ4n) is 7.79. The summed E-state index contributed by atoms with van der Waals surface area (Å²) >= 11 is 4.05. The molecule has 0 saturated heterocycles. The van der Waals surface area contributed by atoms with Crippen LogP contribution in [0.4, 0.5) is 0 Å². The Bertz CT molecular complexity index is 618. The molecule has 0 spiro atoms. The SMILES string of the molecule is C[C@@H]1CC(=O)C[C@]2(Br)[C@H](C)C[C@@H]3[C@H](CC[C@]4(C)C(=O)CC[C@@H]34)[C@@]12CO. The molecule has 0 unspecified atom stereocenters. The number of halogens is 1. The maximum atomic E-state index is 12.6. The largest absolute Gasteiger partial charge is 0.396 e. The molecular weight excluding hydrogens is 380 g/mol. The van der Waals surface area contributed by atoms with Crippen LogP contribution in [0.5, 0.6) is 0 Å². The van der Waals surface area contributed by atoms with E-state index < -0.39 is 0 Å². The van der Waals surface area contributed by atoms with Crippen LogP contribution in [0.25, 0.3) is 0 Å². The molecule has 0 radical (unpaired) electrons. The lowest BCUT2D eigenvalue weighted by atomic mass is 9.40. The van der Waals surface area contributed by atoms with Gasteiger partial charge in [0.1, 0.15) is 11.6 Å². The molecule has 0 bridgehead atoms. The Labute approximate surface area is 159 Å². The quantitative estimate of drug-likeness (QED) is 0.660. The van der Waals surface area contributed by atoms with Crippen molar-refractivity contribution in [2.75, 3.05) is 6.61 Å². The number of fused-ring (bicyclic) bond motifs is 5. The Kier molecular flexibility index (Phi) is 4.10. The summed E-state index contributed by atoms with van der Waals surface area (Å²) < 4.78 is -0.291. The number of hydrogen-bond donors (Lipinski definition) is 1. The van der Waals surface area contributed by atoms with Crippen molar-refractivity contribution in [2.24, 2.45) is 40.4 Å².